The van der Waals surface area contributed by atoms with Crippen LogP contribution in [-0.2, 0) is 22.8 Å². The fourth-order valence-corrected chi connectivity index (χ4v) is 3.03. The van der Waals surface area contributed by atoms with Crippen molar-refractivity contribution in [3.05, 3.63) is 89.6 Å². The number of methoxy groups -OCH3 is 1. The normalized spacial score (nSPS) is 17.5. The summed E-state index contributed by atoms with van der Waals surface area (Å²) in [5.74, 6) is 0.615. The lowest BCUT2D eigenvalue weighted by Gasteiger charge is -2.36. The Kier molecular flexibility index (Phi) is 9.04. The number of nitrogens with zero attached hydrogens (tertiary/aromatic N) is 3. The summed E-state index contributed by atoms with van der Waals surface area (Å²) in [4.78, 5) is 20.9. The third-order valence-corrected chi connectivity index (χ3v) is 4.82. The van der Waals surface area contributed by atoms with Crippen molar-refractivity contribution in [3.63, 3.8) is 0 Å². The first-order valence-corrected chi connectivity index (χ1v) is 9.86. The lowest BCUT2D eigenvalue weighted by Crippen LogP contribution is -2.47. The van der Waals surface area contributed by atoms with E-state index in [9.17, 15) is 9.90 Å². The minimum absolute atomic E-state index is 0. The highest BCUT2D eigenvalue weighted by molar-refractivity contribution is 8.93. The largest absolute Gasteiger partial charge is 0.497 e. The average molecular weight is 502 g/mol. The van der Waals surface area contributed by atoms with Gasteiger partial charge in [0.2, 0.25) is 0 Å². The average Bonchev–Trinajstić information content (AvgIpc) is 2.79. The number of likely N-dealkylation sites (N-methyl/N-ethyl adjacent to an activating group) is 1. The second-order valence-electron chi connectivity index (χ2n) is 7.37. The van der Waals surface area contributed by atoms with Gasteiger partial charge in [-0.15, -0.1) is 17.0 Å². The predicted octanol–water partition coefficient (Wildman–Crippen LogP) is 3.51. The highest BCUT2D eigenvalue weighted by Crippen LogP contribution is 2.24. The van der Waals surface area contributed by atoms with E-state index in [4.69, 9.17) is 9.57 Å². The zero-order valence-corrected chi connectivity index (χ0v) is 20.1. The molecule has 2 aromatic carbocycles. The van der Waals surface area contributed by atoms with Crippen LogP contribution in [-0.4, -0.2) is 54.0 Å². The second-order valence-corrected chi connectivity index (χ2v) is 7.37. The van der Waals surface area contributed by atoms with E-state index >= 15 is 0 Å². The molecular weight excluding hydrogens is 474 g/mol. The standard InChI is InChI=1S/C24H27N3O4.BrH/c1-26(2)23(28)21-13-14-24(29,27(16-21)15-19-7-5-4-6-8-19)18-25-31-17-20-9-11-22(30-3)12-10-20;/h4-14,16,18,29H,15,17H2,1-3H3;1H. The van der Waals surface area contributed by atoms with Gasteiger partial charge in [0, 0.05) is 26.8 Å². The van der Waals surface area contributed by atoms with Crippen LogP contribution in [0.25, 0.3) is 0 Å². The summed E-state index contributed by atoms with van der Waals surface area (Å²) < 4.78 is 5.14. The van der Waals surface area contributed by atoms with Gasteiger partial charge in [-0.25, -0.2) is 0 Å². The smallest absolute Gasteiger partial charge is 0.254 e. The molecule has 0 aliphatic carbocycles. The summed E-state index contributed by atoms with van der Waals surface area (Å²) >= 11 is 0. The summed E-state index contributed by atoms with van der Waals surface area (Å²) in [6.07, 6.45) is 6.10. The van der Waals surface area contributed by atoms with Crippen LogP contribution >= 0.6 is 17.0 Å². The van der Waals surface area contributed by atoms with Crippen molar-refractivity contribution in [2.45, 2.75) is 18.9 Å². The molecule has 0 fully saturated rings. The van der Waals surface area contributed by atoms with Gasteiger partial charge in [0.25, 0.3) is 5.91 Å². The van der Waals surface area contributed by atoms with E-state index in [0.29, 0.717) is 12.1 Å². The first-order valence-electron chi connectivity index (χ1n) is 9.86. The molecular formula is C24H28BrN3O4. The van der Waals surface area contributed by atoms with Gasteiger partial charge in [0.15, 0.2) is 5.72 Å². The SMILES string of the molecule is Br.COc1ccc(CON=CC2(O)C=CC(C(=O)N(C)C)=CN2Cc2ccccc2)cc1. The van der Waals surface area contributed by atoms with E-state index in [-0.39, 0.29) is 29.5 Å². The number of hydrogen-bond donors (Lipinski definition) is 1. The molecule has 1 atom stereocenters. The van der Waals surface area contributed by atoms with Gasteiger partial charge in [0.05, 0.1) is 12.7 Å². The van der Waals surface area contributed by atoms with E-state index < -0.39 is 5.72 Å². The Morgan fingerprint density at radius 1 is 1.12 bits per heavy atom. The molecule has 0 bridgehead atoms. The van der Waals surface area contributed by atoms with Crippen LogP contribution in [0.2, 0.25) is 0 Å². The van der Waals surface area contributed by atoms with Crippen LogP contribution in [0.3, 0.4) is 0 Å². The molecule has 32 heavy (non-hydrogen) atoms. The summed E-state index contributed by atoms with van der Waals surface area (Å²) in [5, 5.41) is 15.2. The Labute approximate surface area is 199 Å². The molecule has 170 valence electrons. The topological polar surface area (TPSA) is 74.6 Å². The summed E-state index contributed by atoms with van der Waals surface area (Å²) in [6, 6.07) is 17.1. The highest BCUT2D eigenvalue weighted by atomic mass is 79.9. The van der Waals surface area contributed by atoms with Crippen molar-refractivity contribution in [3.8, 4) is 5.75 Å². The van der Waals surface area contributed by atoms with E-state index in [2.05, 4.69) is 5.16 Å². The number of aliphatic hydroxyl groups is 1. The molecule has 0 spiro atoms. The minimum atomic E-state index is -1.54. The second kappa shape index (κ2) is 11.5. The molecule has 0 radical (unpaired) electrons. The van der Waals surface area contributed by atoms with Crippen molar-refractivity contribution >= 4 is 29.1 Å². The number of ether oxygens (including phenoxy) is 1. The Morgan fingerprint density at radius 2 is 1.81 bits per heavy atom. The molecule has 1 N–H and O–H groups in total. The number of halogens is 1. The third-order valence-electron chi connectivity index (χ3n) is 4.82. The maximum Gasteiger partial charge on any atom is 0.254 e. The monoisotopic (exact) mass is 501 g/mol. The van der Waals surface area contributed by atoms with Gasteiger partial charge in [-0.05, 0) is 35.4 Å². The van der Waals surface area contributed by atoms with E-state index in [0.717, 1.165) is 16.9 Å². The van der Waals surface area contributed by atoms with Gasteiger partial charge < -0.3 is 24.5 Å². The summed E-state index contributed by atoms with van der Waals surface area (Å²) in [6.45, 7) is 0.634. The zero-order chi connectivity index (χ0) is 22.3. The minimum Gasteiger partial charge on any atom is -0.497 e. The Hall–Kier alpha value is -3.10. The fourth-order valence-electron chi connectivity index (χ4n) is 3.03. The lowest BCUT2D eigenvalue weighted by atomic mass is 10.0. The van der Waals surface area contributed by atoms with Gasteiger partial charge in [-0.1, -0.05) is 47.6 Å². The molecule has 1 heterocycles. The number of amides is 1. The molecule has 0 saturated heterocycles. The number of benzene rings is 2. The van der Waals surface area contributed by atoms with Crippen LogP contribution in [0.5, 0.6) is 5.75 Å². The molecule has 8 heteroatoms. The van der Waals surface area contributed by atoms with Crippen molar-refractivity contribution in [1.29, 1.82) is 0 Å². The summed E-state index contributed by atoms with van der Waals surface area (Å²) in [5.41, 5.74) is 0.838. The molecule has 7 nitrogen and oxygen atoms in total. The molecule has 0 aromatic heterocycles. The molecule has 0 saturated carbocycles. The van der Waals surface area contributed by atoms with Crippen LogP contribution in [0.4, 0.5) is 0 Å². The van der Waals surface area contributed by atoms with Crippen LogP contribution < -0.4 is 4.74 Å². The number of carbonyl (C=O) groups is 1. The molecule has 1 aliphatic rings. The Balaban J connectivity index is 0.00000363. The summed E-state index contributed by atoms with van der Waals surface area (Å²) in [7, 11) is 4.99. The third kappa shape index (κ3) is 6.45. The van der Waals surface area contributed by atoms with Gasteiger partial charge in [0.1, 0.15) is 18.6 Å². The first-order chi connectivity index (χ1) is 14.9. The van der Waals surface area contributed by atoms with E-state index in [1.54, 1.807) is 38.4 Å². The van der Waals surface area contributed by atoms with Crippen LogP contribution in [0, 0.1) is 0 Å². The maximum atomic E-state index is 12.4. The maximum absolute atomic E-state index is 12.4. The number of hydrogen-bond acceptors (Lipinski definition) is 6. The van der Waals surface area contributed by atoms with Gasteiger partial charge >= 0.3 is 0 Å². The quantitative estimate of drug-likeness (QED) is 0.442. The lowest BCUT2D eigenvalue weighted by molar-refractivity contribution is -0.124. The van der Waals surface area contributed by atoms with Crippen molar-refractivity contribution in [1.82, 2.24) is 9.80 Å². The number of oxime groups is 1. The van der Waals surface area contributed by atoms with Crippen molar-refractivity contribution in [2.75, 3.05) is 21.2 Å². The fraction of sp³-hybridized carbons (Fsp3) is 0.250. The van der Waals surface area contributed by atoms with Crippen LogP contribution in [0.15, 0.2) is 83.7 Å². The van der Waals surface area contributed by atoms with Crippen LogP contribution in [0.1, 0.15) is 11.1 Å². The number of carbonyl (C=O) groups excluding carboxylic acids is 1. The highest BCUT2D eigenvalue weighted by Gasteiger charge is 2.33. The van der Waals surface area contributed by atoms with Gasteiger partial charge in [-0.3, -0.25) is 4.79 Å². The molecule has 1 aliphatic heterocycles. The Morgan fingerprint density at radius 3 is 2.44 bits per heavy atom. The molecule has 2 aromatic rings. The molecule has 1 unspecified atom stereocenters. The van der Waals surface area contributed by atoms with Crippen molar-refractivity contribution < 1.29 is 19.5 Å². The van der Waals surface area contributed by atoms with E-state index in [1.807, 2.05) is 54.6 Å². The van der Waals surface area contributed by atoms with Gasteiger partial charge in [-0.2, -0.15) is 0 Å². The molecule has 1 amide bonds. The van der Waals surface area contributed by atoms with E-state index in [1.165, 1.54) is 17.2 Å². The first kappa shape index (κ1) is 25.2. The zero-order valence-electron chi connectivity index (χ0n) is 18.3. The molecule has 3 rings (SSSR count). The predicted molar refractivity (Wildman–Crippen MR) is 129 cm³/mol. The van der Waals surface area contributed by atoms with Crippen molar-refractivity contribution in [2.24, 2.45) is 5.16 Å². The number of rotatable bonds is 8. The Bertz CT molecular complexity index is 974.